The largest absolute Gasteiger partial charge is 0.197 e. The Bertz CT molecular complexity index is 361. The molecule has 0 saturated heterocycles. The molecule has 1 nitrogen and oxygen atoms in total. The molecule has 0 N–H and O–H groups in total. The number of hydrogen-bond acceptors (Lipinski definition) is 1. The van der Waals surface area contributed by atoms with Crippen LogP contribution in [0.2, 0.25) is 0 Å². The minimum atomic E-state index is 0.300. The van der Waals surface area contributed by atoms with Gasteiger partial charge in [0.25, 0.3) is 0 Å². The molecule has 0 aromatic heterocycles. The van der Waals surface area contributed by atoms with Gasteiger partial charge >= 0.3 is 0 Å². The number of aryl methyl sites for hydroxylation is 1. The maximum absolute atomic E-state index is 8.25. The summed E-state index contributed by atoms with van der Waals surface area (Å²) in [6.45, 7) is 2.02. The first-order valence-corrected chi connectivity index (χ1v) is 3.75. The summed E-state index contributed by atoms with van der Waals surface area (Å²) in [5.41, 5.74) is 2.17. The van der Waals surface area contributed by atoms with Gasteiger partial charge in [0.15, 0.2) is 0 Å². The first-order valence-electron chi connectivity index (χ1n) is 3.75. The summed E-state index contributed by atoms with van der Waals surface area (Å²) < 4.78 is 0. The minimum absolute atomic E-state index is 0.300. The Morgan fingerprint density at radius 1 is 1.42 bits per heavy atom. The number of nitriles is 1. The molecule has 58 valence electrons. The van der Waals surface area contributed by atoms with Crippen LogP contribution in [0.1, 0.15) is 17.5 Å². The molecular formula is C11H9N. The van der Waals surface area contributed by atoms with Gasteiger partial charge in [0.1, 0.15) is 0 Å². The molecule has 0 radical (unpaired) electrons. The first-order chi connectivity index (χ1) is 5.83. The van der Waals surface area contributed by atoms with Crippen LogP contribution in [0.5, 0.6) is 0 Å². The van der Waals surface area contributed by atoms with Gasteiger partial charge in [-0.1, -0.05) is 24.0 Å². The number of hydrogen-bond donors (Lipinski definition) is 0. The zero-order valence-corrected chi connectivity index (χ0v) is 6.96. The number of benzene rings is 1. The normalized spacial score (nSPS) is 8.00. The van der Waals surface area contributed by atoms with E-state index in [4.69, 9.17) is 5.26 Å². The van der Waals surface area contributed by atoms with Crippen molar-refractivity contribution in [1.29, 1.82) is 5.26 Å². The molecule has 0 bridgehead atoms. The summed E-state index contributed by atoms with van der Waals surface area (Å²) in [5.74, 6) is 5.68. The van der Waals surface area contributed by atoms with Gasteiger partial charge in [-0.05, 0) is 24.6 Å². The SMILES string of the molecule is Cc1cccc(C#CCC#N)c1. The molecule has 12 heavy (non-hydrogen) atoms. The van der Waals surface area contributed by atoms with Crippen molar-refractivity contribution < 1.29 is 0 Å². The van der Waals surface area contributed by atoms with Gasteiger partial charge < -0.3 is 0 Å². The van der Waals surface area contributed by atoms with E-state index in [-0.39, 0.29) is 0 Å². The summed E-state index contributed by atoms with van der Waals surface area (Å²) in [6, 6.07) is 9.91. The van der Waals surface area contributed by atoms with Gasteiger partial charge in [-0.3, -0.25) is 0 Å². The van der Waals surface area contributed by atoms with E-state index >= 15 is 0 Å². The minimum Gasteiger partial charge on any atom is -0.197 e. The summed E-state index contributed by atoms with van der Waals surface area (Å²) in [4.78, 5) is 0. The molecule has 0 fully saturated rings. The fourth-order valence-corrected chi connectivity index (χ4v) is 0.909. The van der Waals surface area contributed by atoms with Gasteiger partial charge in [-0.25, -0.2) is 0 Å². The summed E-state index contributed by atoms with van der Waals surface area (Å²) in [7, 11) is 0. The van der Waals surface area contributed by atoms with E-state index in [9.17, 15) is 0 Å². The molecule has 1 rings (SSSR count). The smallest absolute Gasteiger partial charge is 0.0966 e. The van der Waals surface area contributed by atoms with E-state index in [1.54, 1.807) is 0 Å². The zero-order chi connectivity index (χ0) is 8.81. The highest BCUT2D eigenvalue weighted by atomic mass is 14.2. The third kappa shape index (κ3) is 2.48. The Labute approximate surface area is 72.6 Å². The van der Waals surface area contributed by atoms with Crippen molar-refractivity contribution in [2.24, 2.45) is 0 Å². The molecule has 1 aromatic carbocycles. The van der Waals surface area contributed by atoms with Crippen molar-refractivity contribution in [3.8, 4) is 17.9 Å². The fourth-order valence-electron chi connectivity index (χ4n) is 0.909. The second-order valence-corrected chi connectivity index (χ2v) is 2.51. The van der Waals surface area contributed by atoms with Crippen LogP contribution < -0.4 is 0 Å². The van der Waals surface area contributed by atoms with E-state index in [2.05, 4.69) is 11.8 Å². The van der Waals surface area contributed by atoms with Crippen molar-refractivity contribution in [3.05, 3.63) is 35.4 Å². The lowest BCUT2D eigenvalue weighted by atomic mass is 10.1. The van der Waals surface area contributed by atoms with Crippen molar-refractivity contribution in [2.45, 2.75) is 13.3 Å². The van der Waals surface area contributed by atoms with E-state index in [1.807, 2.05) is 37.3 Å². The molecule has 0 aliphatic heterocycles. The molecule has 0 atom stereocenters. The highest BCUT2D eigenvalue weighted by Gasteiger charge is 1.85. The summed E-state index contributed by atoms with van der Waals surface area (Å²) >= 11 is 0. The predicted octanol–water partition coefficient (Wildman–Crippen LogP) is 2.26. The van der Waals surface area contributed by atoms with Crippen LogP contribution >= 0.6 is 0 Å². The van der Waals surface area contributed by atoms with Crippen molar-refractivity contribution in [1.82, 2.24) is 0 Å². The van der Waals surface area contributed by atoms with E-state index in [0.29, 0.717) is 6.42 Å². The maximum Gasteiger partial charge on any atom is 0.0966 e. The number of nitrogens with zero attached hydrogens (tertiary/aromatic N) is 1. The lowest BCUT2D eigenvalue weighted by molar-refractivity contribution is 1.39. The van der Waals surface area contributed by atoms with Crippen molar-refractivity contribution in [2.75, 3.05) is 0 Å². The van der Waals surface area contributed by atoms with Gasteiger partial charge in [0.2, 0.25) is 0 Å². The van der Waals surface area contributed by atoms with E-state index in [0.717, 1.165) is 5.56 Å². The van der Waals surface area contributed by atoms with Gasteiger partial charge in [0, 0.05) is 5.56 Å². The second kappa shape index (κ2) is 4.21. The summed E-state index contributed by atoms with van der Waals surface area (Å²) in [6.07, 6.45) is 0.300. The molecule has 0 amide bonds. The Hall–Kier alpha value is -1.73. The Morgan fingerprint density at radius 3 is 2.92 bits per heavy atom. The van der Waals surface area contributed by atoms with Gasteiger partial charge in [-0.2, -0.15) is 5.26 Å². The number of rotatable bonds is 0. The van der Waals surface area contributed by atoms with Crippen molar-refractivity contribution in [3.63, 3.8) is 0 Å². The Balaban J connectivity index is 2.79. The van der Waals surface area contributed by atoms with Crippen molar-refractivity contribution >= 4 is 0 Å². The molecule has 0 aliphatic carbocycles. The Morgan fingerprint density at radius 2 is 2.25 bits per heavy atom. The summed E-state index contributed by atoms with van der Waals surface area (Å²) in [5, 5.41) is 8.25. The predicted molar refractivity (Wildman–Crippen MR) is 48.3 cm³/mol. The molecule has 1 aromatic rings. The molecule has 1 heteroatoms. The van der Waals surface area contributed by atoms with E-state index < -0.39 is 0 Å². The Kier molecular flexibility index (Phi) is 2.94. The first kappa shape index (κ1) is 8.37. The van der Waals surface area contributed by atoms with E-state index in [1.165, 1.54) is 5.56 Å². The van der Waals surface area contributed by atoms with Crippen LogP contribution in [0, 0.1) is 30.1 Å². The standard InChI is InChI=1S/C11H9N/c1-10-5-4-7-11(9-10)6-2-3-8-12/h4-5,7,9H,3H2,1H3. The lowest BCUT2D eigenvalue weighted by Gasteiger charge is -1.91. The third-order valence-corrected chi connectivity index (χ3v) is 1.42. The molecule has 0 saturated carbocycles. The highest BCUT2D eigenvalue weighted by Crippen LogP contribution is 2.01. The molecule has 0 spiro atoms. The molecule has 0 heterocycles. The average Bonchev–Trinajstić information content (AvgIpc) is 2.05. The third-order valence-electron chi connectivity index (χ3n) is 1.42. The van der Waals surface area contributed by atoms with Crippen LogP contribution in [0.15, 0.2) is 24.3 Å². The fraction of sp³-hybridized carbons (Fsp3) is 0.182. The zero-order valence-electron chi connectivity index (χ0n) is 6.96. The maximum atomic E-state index is 8.25. The van der Waals surface area contributed by atoms with Crippen LogP contribution in [-0.4, -0.2) is 0 Å². The lowest BCUT2D eigenvalue weighted by Crippen LogP contribution is -1.75. The monoisotopic (exact) mass is 155 g/mol. The van der Waals surface area contributed by atoms with Gasteiger partial charge in [-0.15, -0.1) is 0 Å². The van der Waals surface area contributed by atoms with Crippen LogP contribution in [0.4, 0.5) is 0 Å². The highest BCUT2D eigenvalue weighted by molar-refractivity contribution is 5.36. The molecule has 0 unspecified atom stereocenters. The average molecular weight is 155 g/mol. The quantitative estimate of drug-likeness (QED) is 0.527. The van der Waals surface area contributed by atoms with Crippen LogP contribution in [0.3, 0.4) is 0 Å². The topological polar surface area (TPSA) is 23.8 Å². The second-order valence-electron chi connectivity index (χ2n) is 2.51. The molecular weight excluding hydrogens is 146 g/mol. The van der Waals surface area contributed by atoms with Gasteiger partial charge in [0.05, 0.1) is 12.5 Å². The molecule has 0 aliphatic rings. The van der Waals surface area contributed by atoms with Crippen LogP contribution in [-0.2, 0) is 0 Å². The van der Waals surface area contributed by atoms with Crippen LogP contribution in [0.25, 0.3) is 0 Å².